The molecule has 5 nitrogen and oxygen atoms in total. The van der Waals surface area contributed by atoms with Gasteiger partial charge in [-0.1, -0.05) is 23.7 Å². The molecule has 3 aromatic rings. The number of ether oxygens (including phenoxy) is 1. The van der Waals surface area contributed by atoms with Gasteiger partial charge in [0, 0.05) is 28.2 Å². The van der Waals surface area contributed by atoms with E-state index < -0.39 is 0 Å². The van der Waals surface area contributed by atoms with Crippen LogP contribution in [0.15, 0.2) is 42.5 Å². The highest BCUT2D eigenvalue weighted by molar-refractivity contribution is 6.31. The summed E-state index contributed by atoms with van der Waals surface area (Å²) in [5.41, 5.74) is 4.62. The molecule has 1 aliphatic rings. The number of nitriles is 1. The molecule has 1 amide bonds. The van der Waals surface area contributed by atoms with Crippen molar-refractivity contribution in [3.63, 3.8) is 0 Å². The zero-order valence-corrected chi connectivity index (χ0v) is 14.9. The summed E-state index contributed by atoms with van der Waals surface area (Å²) in [5.74, 6) is 0. The van der Waals surface area contributed by atoms with E-state index in [9.17, 15) is 4.79 Å². The van der Waals surface area contributed by atoms with Gasteiger partial charge in [0.05, 0.1) is 18.7 Å². The van der Waals surface area contributed by atoms with Gasteiger partial charge in [0.25, 0.3) is 0 Å². The second-order valence-corrected chi connectivity index (χ2v) is 6.69. The lowest BCUT2D eigenvalue weighted by molar-refractivity contribution is 0.108. The second kappa shape index (κ2) is 6.40. The van der Waals surface area contributed by atoms with Crippen molar-refractivity contribution in [1.82, 2.24) is 9.88 Å². The summed E-state index contributed by atoms with van der Waals surface area (Å²) in [5, 5.41) is 10.8. The van der Waals surface area contributed by atoms with E-state index >= 15 is 0 Å². The van der Waals surface area contributed by atoms with Crippen molar-refractivity contribution in [2.45, 2.75) is 12.5 Å². The van der Waals surface area contributed by atoms with Crippen LogP contribution in [0.4, 0.5) is 4.79 Å². The predicted molar refractivity (Wildman–Crippen MR) is 99.1 cm³/mol. The Bertz CT molecular complexity index is 1030. The minimum Gasteiger partial charge on any atom is -0.453 e. The Balaban J connectivity index is 1.90. The van der Waals surface area contributed by atoms with Gasteiger partial charge in [-0.15, -0.1) is 0 Å². The molecule has 2 aromatic carbocycles. The number of rotatable bonds is 1. The van der Waals surface area contributed by atoms with Gasteiger partial charge in [-0.3, -0.25) is 4.90 Å². The molecule has 2 heterocycles. The van der Waals surface area contributed by atoms with Crippen LogP contribution in [-0.4, -0.2) is 29.6 Å². The first-order chi connectivity index (χ1) is 12.6. The van der Waals surface area contributed by atoms with Gasteiger partial charge in [-0.2, -0.15) is 5.26 Å². The number of nitrogens with one attached hydrogen (secondary N) is 1. The Morgan fingerprint density at radius 1 is 1.31 bits per heavy atom. The summed E-state index contributed by atoms with van der Waals surface area (Å²) in [7, 11) is 1.39. The van der Waals surface area contributed by atoms with Crippen LogP contribution in [0, 0.1) is 11.3 Å². The van der Waals surface area contributed by atoms with Gasteiger partial charge >= 0.3 is 6.09 Å². The molecule has 1 unspecified atom stereocenters. The van der Waals surface area contributed by atoms with Crippen molar-refractivity contribution in [3.05, 3.63) is 69.9 Å². The molecule has 26 heavy (non-hydrogen) atoms. The molecular formula is C20H16ClN3O2. The average Bonchev–Trinajstić information content (AvgIpc) is 3.04. The number of fused-ring (bicyclic) bond motifs is 3. The first-order valence-electron chi connectivity index (χ1n) is 8.27. The molecule has 0 radical (unpaired) electrons. The van der Waals surface area contributed by atoms with Crippen LogP contribution in [0.25, 0.3) is 10.9 Å². The molecule has 1 aromatic heterocycles. The summed E-state index contributed by atoms with van der Waals surface area (Å²) >= 11 is 6.18. The summed E-state index contributed by atoms with van der Waals surface area (Å²) in [4.78, 5) is 17.5. The van der Waals surface area contributed by atoms with E-state index in [1.54, 1.807) is 17.0 Å². The quantitative estimate of drug-likeness (QED) is 0.694. The fourth-order valence-electron chi connectivity index (χ4n) is 3.66. The molecule has 130 valence electrons. The lowest BCUT2D eigenvalue weighted by Gasteiger charge is -2.35. The Hall–Kier alpha value is -2.97. The maximum Gasteiger partial charge on any atom is 0.410 e. The van der Waals surface area contributed by atoms with Crippen molar-refractivity contribution in [2.75, 3.05) is 13.7 Å². The van der Waals surface area contributed by atoms with Crippen LogP contribution >= 0.6 is 11.6 Å². The summed E-state index contributed by atoms with van der Waals surface area (Å²) in [6.07, 6.45) is 0.346. The van der Waals surface area contributed by atoms with E-state index in [0.29, 0.717) is 17.1 Å². The van der Waals surface area contributed by atoms with E-state index in [2.05, 4.69) is 11.1 Å². The molecule has 1 atom stereocenters. The molecule has 0 fully saturated rings. The first kappa shape index (κ1) is 16.5. The lowest BCUT2D eigenvalue weighted by Crippen LogP contribution is -2.40. The number of hydrogen-bond acceptors (Lipinski definition) is 3. The summed E-state index contributed by atoms with van der Waals surface area (Å²) < 4.78 is 4.99. The third-order valence-corrected chi connectivity index (χ3v) is 5.09. The number of hydrogen-bond donors (Lipinski definition) is 1. The molecule has 4 rings (SSSR count). The Labute approximate surface area is 155 Å². The van der Waals surface area contributed by atoms with Crippen LogP contribution in [-0.2, 0) is 11.2 Å². The molecule has 1 aliphatic heterocycles. The smallest absolute Gasteiger partial charge is 0.410 e. The number of benzene rings is 2. The van der Waals surface area contributed by atoms with Gasteiger partial charge in [0.1, 0.15) is 6.04 Å². The number of carbonyl (C=O) groups excluding carboxylic acids is 1. The Morgan fingerprint density at radius 3 is 2.77 bits per heavy atom. The van der Waals surface area contributed by atoms with Crippen LogP contribution in [0.1, 0.15) is 28.4 Å². The van der Waals surface area contributed by atoms with E-state index in [1.165, 1.54) is 7.11 Å². The number of aromatic nitrogens is 1. The fourth-order valence-corrected chi connectivity index (χ4v) is 3.83. The maximum absolute atomic E-state index is 12.4. The number of halogens is 1. The third-order valence-electron chi connectivity index (χ3n) is 4.85. The van der Waals surface area contributed by atoms with Gasteiger partial charge < -0.3 is 9.72 Å². The number of H-pyrrole nitrogens is 1. The van der Waals surface area contributed by atoms with Crippen LogP contribution in [0.3, 0.4) is 0 Å². The van der Waals surface area contributed by atoms with E-state index in [1.807, 2.05) is 30.3 Å². The molecule has 0 saturated carbocycles. The van der Waals surface area contributed by atoms with Crippen molar-refractivity contribution >= 4 is 28.6 Å². The normalized spacial score (nSPS) is 16.2. The molecule has 0 spiro atoms. The topological polar surface area (TPSA) is 69.1 Å². The number of nitrogens with zero attached hydrogens (tertiary/aromatic N) is 2. The van der Waals surface area contributed by atoms with Crippen molar-refractivity contribution in [1.29, 1.82) is 5.26 Å². The number of methoxy groups -OCH3 is 1. The van der Waals surface area contributed by atoms with Gasteiger partial charge in [-0.05, 0) is 47.9 Å². The van der Waals surface area contributed by atoms with Gasteiger partial charge in [-0.25, -0.2) is 4.79 Å². The maximum atomic E-state index is 12.4. The van der Waals surface area contributed by atoms with E-state index in [4.69, 9.17) is 21.6 Å². The number of aromatic amines is 1. The van der Waals surface area contributed by atoms with Crippen molar-refractivity contribution < 1.29 is 9.53 Å². The van der Waals surface area contributed by atoms with Crippen LogP contribution in [0.5, 0.6) is 0 Å². The highest BCUT2D eigenvalue weighted by Crippen LogP contribution is 2.39. The zero-order chi connectivity index (χ0) is 18.3. The summed E-state index contributed by atoms with van der Waals surface area (Å²) in [6, 6.07) is 14.9. The van der Waals surface area contributed by atoms with Crippen LogP contribution in [0.2, 0.25) is 5.02 Å². The third kappa shape index (κ3) is 2.59. The number of carbonyl (C=O) groups is 1. The van der Waals surface area contributed by atoms with Crippen LogP contribution < -0.4 is 0 Å². The van der Waals surface area contributed by atoms with E-state index in [0.717, 1.165) is 34.1 Å². The van der Waals surface area contributed by atoms with Gasteiger partial charge in [0.15, 0.2) is 0 Å². The highest BCUT2D eigenvalue weighted by atomic mass is 35.5. The number of amides is 1. The SMILES string of the molecule is COC(=O)N1CCc2c([nH]c3ccc(Cl)cc23)C1c1ccc(C#N)cc1. The molecule has 1 N–H and O–H groups in total. The molecule has 0 saturated heterocycles. The minimum absolute atomic E-state index is 0.301. The van der Waals surface area contributed by atoms with E-state index in [-0.39, 0.29) is 12.1 Å². The molecule has 0 aliphatic carbocycles. The minimum atomic E-state index is -0.373. The monoisotopic (exact) mass is 365 g/mol. The zero-order valence-electron chi connectivity index (χ0n) is 14.1. The largest absolute Gasteiger partial charge is 0.453 e. The standard InChI is InChI=1S/C20H16ClN3O2/c1-26-20(25)24-9-8-15-16-10-14(21)6-7-17(16)23-18(15)19(24)13-4-2-12(11-22)3-5-13/h2-7,10,19,23H,8-9H2,1H3. The Kier molecular flexibility index (Phi) is 4.06. The summed E-state index contributed by atoms with van der Waals surface area (Å²) in [6.45, 7) is 0.545. The highest BCUT2D eigenvalue weighted by Gasteiger charge is 2.35. The molecule has 0 bridgehead atoms. The first-order valence-corrected chi connectivity index (χ1v) is 8.65. The van der Waals surface area contributed by atoms with Crippen molar-refractivity contribution in [3.8, 4) is 6.07 Å². The lowest BCUT2D eigenvalue weighted by atomic mass is 9.92. The predicted octanol–water partition coefficient (Wildman–Crippen LogP) is 4.41. The second-order valence-electron chi connectivity index (χ2n) is 6.26. The average molecular weight is 366 g/mol. The fraction of sp³-hybridized carbons (Fsp3) is 0.200. The Morgan fingerprint density at radius 2 is 2.08 bits per heavy atom. The van der Waals surface area contributed by atoms with Crippen molar-refractivity contribution in [2.24, 2.45) is 0 Å². The molecular weight excluding hydrogens is 350 g/mol. The van der Waals surface area contributed by atoms with Gasteiger partial charge in [0.2, 0.25) is 0 Å². The molecule has 6 heteroatoms.